The molecule has 0 radical (unpaired) electrons. The molecular weight excluding hydrogens is 294 g/mol. The number of hydrogen-bond donors (Lipinski definition) is 0. The van der Waals surface area contributed by atoms with Gasteiger partial charge in [-0.2, -0.15) is 0 Å². The van der Waals surface area contributed by atoms with Crippen molar-refractivity contribution in [1.29, 1.82) is 0 Å². The van der Waals surface area contributed by atoms with E-state index >= 15 is 0 Å². The summed E-state index contributed by atoms with van der Waals surface area (Å²) in [6, 6.07) is 7.35. The van der Waals surface area contributed by atoms with Crippen LogP contribution in [0, 0.1) is 11.8 Å². The Hall–Kier alpha value is -1.16. The van der Waals surface area contributed by atoms with Gasteiger partial charge in [-0.25, -0.2) is 0 Å². The molecule has 0 N–H and O–H groups in total. The Morgan fingerprint density at radius 2 is 1.44 bits per heavy atom. The van der Waals surface area contributed by atoms with E-state index in [2.05, 4.69) is 15.9 Å². The first kappa shape index (κ1) is 11.9. The molecule has 1 aromatic rings. The lowest BCUT2D eigenvalue weighted by atomic mass is 9.81. The predicted octanol–water partition coefficient (Wildman–Crippen LogP) is 3.13. The number of carbonyl (C=O) groups excluding carboxylic acids is 2. The summed E-state index contributed by atoms with van der Waals surface area (Å²) in [5.74, 6) is -0.163. The van der Waals surface area contributed by atoms with Gasteiger partial charge < -0.3 is 0 Å². The number of carbonyl (C=O) groups is 2. The highest BCUT2D eigenvalue weighted by Crippen LogP contribution is 2.40. The van der Waals surface area contributed by atoms with Gasteiger partial charge in [-0.15, -0.1) is 0 Å². The number of halogens is 1. The second-order valence-corrected chi connectivity index (χ2v) is 5.90. The fourth-order valence-corrected chi connectivity index (χ4v) is 3.27. The summed E-state index contributed by atoms with van der Waals surface area (Å²) in [7, 11) is 0. The zero-order chi connectivity index (χ0) is 12.7. The molecule has 1 saturated heterocycles. The molecule has 1 aliphatic heterocycles. The Bertz CT molecular complexity index is 473. The Kier molecular flexibility index (Phi) is 2.98. The van der Waals surface area contributed by atoms with Crippen LogP contribution in [-0.2, 0) is 9.59 Å². The zero-order valence-corrected chi connectivity index (χ0v) is 11.5. The lowest BCUT2D eigenvalue weighted by Gasteiger charge is -2.19. The van der Waals surface area contributed by atoms with E-state index in [9.17, 15) is 9.59 Å². The van der Waals surface area contributed by atoms with E-state index in [1.807, 2.05) is 24.3 Å². The fraction of sp³-hybridized carbons (Fsp3) is 0.429. The van der Waals surface area contributed by atoms with Crippen molar-refractivity contribution in [3.63, 3.8) is 0 Å². The van der Waals surface area contributed by atoms with E-state index in [1.165, 1.54) is 4.90 Å². The van der Waals surface area contributed by atoms with Gasteiger partial charge >= 0.3 is 0 Å². The second-order valence-electron chi connectivity index (χ2n) is 4.99. The molecule has 1 saturated carbocycles. The van der Waals surface area contributed by atoms with Crippen molar-refractivity contribution in [2.75, 3.05) is 4.90 Å². The van der Waals surface area contributed by atoms with Crippen LogP contribution in [0.3, 0.4) is 0 Å². The van der Waals surface area contributed by atoms with E-state index in [0.717, 1.165) is 30.2 Å². The minimum Gasteiger partial charge on any atom is -0.274 e. The summed E-state index contributed by atoms with van der Waals surface area (Å²) in [6.07, 6.45) is 3.85. The van der Waals surface area contributed by atoms with E-state index in [0.29, 0.717) is 5.69 Å². The van der Waals surface area contributed by atoms with Gasteiger partial charge in [0.25, 0.3) is 0 Å². The van der Waals surface area contributed by atoms with Crippen LogP contribution in [0.1, 0.15) is 25.7 Å². The van der Waals surface area contributed by atoms with Crippen molar-refractivity contribution in [2.24, 2.45) is 11.8 Å². The molecule has 18 heavy (non-hydrogen) atoms. The minimum atomic E-state index is -0.0742. The topological polar surface area (TPSA) is 37.4 Å². The number of nitrogens with zero attached hydrogens (tertiary/aromatic N) is 1. The Balaban J connectivity index is 1.95. The quantitative estimate of drug-likeness (QED) is 0.748. The zero-order valence-electron chi connectivity index (χ0n) is 9.93. The molecule has 1 aliphatic carbocycles. The highest BCUT2D eigenvalue weighted by Gasteiger charge is 2.48. The smallest absolute Gasteiger partial charge is 0.237 e. The van der Waals surface area contributed by atoms with Crippen molar-refractivity contribution in [3.8, 4) is 0 Å². The van der Waals surface area contributed by atoms with Gasteiger partial charge in [-0.05, 0) is 37.1 Å². The number of benzene rings is 1. The van der Waals surface area contributed by atoms with Crippen LogP contribution < -0.4 is 4.90 Å². The van der Waals surface area contributed by atoms with Gasteiger partial charge in [0.15, 0.2) is 0 Å². The first-order valence-corrected chi connectivity index (χ1v) is 7.11. The molecular formula is C14H14BrNO2. The summed E-state index contributed by atoms with van der Waals surface area (Å²) in [5, 5.41) is 0. The summed E-state index contributed by atoms with van der Waals surface area (Å²) in [4.78, 5) is 26.0. The third-order valence-corrected chi connectivity index (χ3v) is 4.45. The third-order valence-electron chi connectivity index (χ3n) is 3.93. The number of imide groups is 1. The monoisotopic (exact) mass is 307 g/mol. The first-order chi connectivity index (χ1) is 8.68. The van der Waals surface area contributed by atoms with Gasteiger partial charge in [0.05, 0.1) is 17.5 Å². The van der Waals surface area contributed by atoms with E-state index in [1.54, 1.807) is 0 Å². The summed E-state index contributed by atoms with van der Waals surface area (Å²) >= 11 is 3.36. The number of rotatable bonds is 1. The molecule has 1 aromatic carbocycles. The first-order valence-electron chi connectivity index (χ1n) is 6.32. The maximum absolute atomic E-state index is 12.3. The van der Waals surface area contributed by atoms with Crippen LogP contribution in [0.2, 0.25) is 0 Å². The maximum Gasteiger partial charge on any atom is 0.237 e. The van der Waals surface area contributed by atoms with Crippen molar-refractivity contribution >= 4 is 33.4 Å². The van der Waals surface area contributed by atoms with Crippen molar-refractivity contribution in [3.05, 3.63) is 28.7 Å². The number of fused-ring (bicyclic) bond motifs is 1. The SMILES string of the molecule is O=C1C2CCCCC2C(=O)N1c1ccc(Br)cc1. The third kappa shape index (κ3) is 1.79. The summed E-state index contributed by atoms with van der Waals surface area (Å²) in [6.45, 7) is 0. The van der Waals surface area contributed by atoms with Gasteiger partial charge in [0.2, 0.25) is 11.8 Å². The fourth-order valence-electron chi connectivity index (χ4n) is 3.01. The lowest BCUT2D eigenvalue weighted by molar-refractivity contribution is -0.122. The molecule has 2 fully saturated rings. The molecule has 2 unspecified atom stereocenters. The molecule has 94 valence electrons. The summed E-state index contributed by atoms with van der Waals surface area (Å²) < 4.78 is 0.947. The molecule has 2 atom stereocenters. The minimum absolute atomic E-state index is 0.00739. The number of amides is 2. The highest BCUT2D eigenvalue weighted by atomic mass is 79.9. The molecule has 2 amide bonds. The molecule has 3 rings (SSSR count). The van der Waals surface area contributed by atoms with Crippen molar-refractivity contribution in [1.82, 2.24) is 0 Å². The van der Waals surface area contributed by atoms with Crippen LogP contribution in [-0.4, -0.2) is 11.8 Å². The van der Waals surface area contributed by atoms with Gasteiger partial charge in [-0.3, -0.25) is 14.5 Å². The van der Waals surface area contributed by atoms with Gasteiger partial charge in [0, 0.05) is 4.47 Å². The summed E-state index contributed by atoms with van der Waals surface area (Å²) in [5.41, 5.74) is 0.697. The van der Waals surface area contributed by atoms with Crippen LogP contribution in [0.5, 0.6) is 0 Å². The molecule has 4 heteroatoms. The van der Waals surface area contributed by atoms with Gasteiger partial charge in [0.1, 0.15) is 0 Å². The average molecular weight is 308 g/mol. The van der Waals surface area contributed by atoms with Crippen LogP contribution in [0.4, 0.5) is 5.69 Å². The Morgan fingerprint density at radius 1 is 0.944 bits per heavy atom. The van der Waals surface area contributed by atoms with Crippen molar-refractivity contribution < 1.29 is 9.59 Å². The standard InChI is InChI=1S/C14H14BrNO2/c15-9-5-7-10(8-6-9)16-13(17)11-3-1-2-4-12(11)14(16)18/h5-8,11-12H,1-4H2. The predicted molar refractivity (Wildman–Crippen MR) is 72.1 cm³/mol. The average Bonchev–Trinajstić information content (AvgIpc) is 2.64. The molecule has 3 nitrogen and oxygen atoms in total. The van der Waals surface area contributed by atoms with Crippen molar-refractivity contribution in [2.45, 2.75) is 25.7 Å². The largest absolute Gasteiger partial charge is 0.274 e. The molecule has 0 spiro atoms. The highest BCUT2D eigenvalue weighted by molar-refractivity contribution is 9.10. The number of anilines is 1. The van der Waals surface area contributed by atoms with Crippen LogP contribution >= 0.6 is 15.9 Å². The molecule has 0 aromatic heterocycles. The van der Waals surface area contributed by atoms with E-state index in [-0.39, 0.29) is 23.7 Å². The maximum atomic E-state index is 12.3. The van der Waals surface area contributed by atoms with Crippen LogP contribution in [0.25, 0.3) is 0 Å². The normalized spacial score (nSPS) is 27.5. The number of hydrogen-bond acceptors (Lipinski definition) is 2. The molecule has 2 aliphatic rings. The molecule has 1 heterocycles. The van der Waals surface area contributed by atoms with Crippen LogP contribution in [0.15, 0.2) is 28.7 Å². The lowest BCUT2D eigenvalue weighted by Crippen LogP contribution is -2.30. The Morgan fingerprint density at radius 3 is 1.94 bits per heavy atom. The van der Waals surface area contributed by atoms with Gasteiger partial charge in [-0.1, -0.05) is 28.8 Å². The van der Waals surface area contributed by atoms with E-state index < -0.39 is 0 Å². The molecule has 0 bridgehead atoms. The Labute approximate surface area is 114 Å². The second kappa shape index (κ2) is 4.50. The van der Waals surface area contributed by atoms with E-state index in [4.69, 9.17) is 0 Å².